The number of allylic oxidation sites excluding steroid dienone is 4. The normalized spacial score (nSPS) is 34.6. The summed E-state index contributed by atoms with van der Waals surface area (Å²) in [4.78, 5) is 11.8. The van der Waals surface area contributed by atoms with E-state index in [-0.39, 0.29) is 0 Å². The third-order valence-electron chi connectivity index (χ3n) is 4.40. The first-order valence-corrected chi connectivity index (χ1v) is 6.39. The van der Waals surface area contributed by atoms with Crippen molar-refractivity contribution in [2.75, 3.05) is 0 Å². The Morgan fingerprint density at radius 1 is 1.31 bits per heavy atom. The highest BCUT2D eigenvalue weighted by molar-refractivity contribution is 5.96. The lowest BCUT2D eigenvalue weighted by atomic mass is 9.64. The van der Waals surface area contributed by atoms with Crippen LogP contribution in [0.3, 0.4) is 0 Å². The average molecular weight is 218 g/mol. The second-order valence-electron chi connectivity index (χ2n) is 5.75. The van der Waals surface area contributed by atoms with E-state index in [1.807, 2.05) is 6.92 Å². The van der Waals surface area contributed by atoms with Crippen molar-refractivity contribution >= 4 is 5.78 Å². The molecule has 0 aliphatic heterocycles. The number of hydrogen-bond acceptors (Lipinski definition) is 1. The van der Waals surface area contributed by atoms with Crippen molar-refractivity contribution in [3.63, 3.8) is 0 Å². The van der Waals surface area contributed by atoms with Gasteiger partial charge in [-0.2, -0.15) is 0 Å². The van der Waals surface area contributed by atoms with Crippen molar-refractivity contribution < 1.29 is 4.79 Å². The number of fused-ring (bicyclic) bond motifs is 1. The molecule has 0 heterocycles. The second kappa shape index (κ2) is 4.20. The lowest BCUT2D eigenvalue weighted by Crippen LogP contribution is -2.34. The summed E-state index contributed by atoms with van der Waals surface area (Å²) in [7, 11) is 0. The molecule has 0 aromatic heterocycles. The fourth-order valence-corrected chi connectivity index (χ4v) is 3.23. The van der Waals surface area contributed by atoms with Gasteiger partial charge in [-0.15, -0.1) is 0 Å². The minimum Gasteiger partial charge on any atom is -0.295 e. The molecule has 0 radical (unpaired) electrons. The highest BCUT2D eigenvalue weighted by atomic mass is 16.1. The molecule has 0 aromatic carbocycles. The van der Waals surface area contributed by atoms with Gasteiger partial charge in [0.2, 0.25) is 0 Å². The first kappa shape index (κ1) is 11.6. The Labute approximate surface area is 98.6 Å². The van der Waals surface area contributed by atoms with Gasteiger partial charge in [0.15, 0.2) is 5.78 Å². The molecule has 0 aromatic rings. The van der Waals surface area contributed by atoms with E-state index in [0.29, 0.717) is 23.5 Å². The fraction of sp³-hybridized carbons (Fsp3) is 0.667. The Hall–Kier alpha value is -0.850. The zero-order valence-corrected chi connectivity index (χ0v) is 10.8. The van der Waals surface area contributed by atoms with Gasteiger partial charge in [-0.25, -0.2) is 0 Å². The number of ketones is 1. The summed E-state index contributed by atoms with van der Waals surface area (Å²) in [6, 6.07) is 0. The maximum Gasteiger partial charge on any atom is 0.158 e. The van der Waals surface area contributed by atoms with Crippen molar-refractivity contribution in [3.8, 4) is 0 Å². The fourth-order valence-electron chi connectivity index (χ4n) is 3.23. The Balaban J connectivity index is 2.35. The molecule has 0 amide bonds. The molecule has 88 valence electrons. The summed E-state index contributed by atoms with van der Waals surface area (Å²) in [6.45, 7) is 8.77. The maximum absolute atomic E-state index is 11.8. The number of rotatable bonds is 1. The van der Waals surface area contributed by atoms with Crippen molar-refractivity contribution in [3.05, 3.63) is 23.3 Å². The SMILES string of the molecule is CC1=C[C@@H]2[C@H](CC1=O)C(C)=CC[C@H]2C(C)C. The Morgan fingerprint density at radius 3 is 2.62 bits per heavy atom. The third-order valence-corrected chi connectivity index (χ3v) is 4.40. The molecule has 2 aliphatic carbocycles. The highest BCUT2D eigenvalue weighted by Crippen LogP contribution is 2.44. The van der Waals surface area contributed by atoms with Crippen LogP contribution in [0.5, 0.6) is 0 Å². The zero-order chi connectivity index (χ0) is 11.9. The number of carbonyl (C=O) groups excluding carboxylic acids is 1. The van der Waals surface area contributed by atoms with Crippen LogP contribution in [0, 0.1) is 23.7 Å². The molecule has 0 bridgehead atoms. The van der Waals surface area contributed by atoms with Crippen molar-refractivity contribution in [1.29, 1.82) is 0 Å². The number of carbonyl (C=O) groups is 1. The Bertz CT molecular complexity index is 360. The van der Waals surface area contributed by atoms with Gasteiger partial charge in [0.25, 0.3) is 0 Å². The molecule has 1 nitrogen and oxygen atoms in total. The molecular weight excluding hydrogens is 196 g/mol. The van der Waals surface area contributed by atoms with Gasteiger partial charge in [0.05, 0.1) is 0 Å². The van der Waals surface area contributed by atoms with Crippen LogP contribution in [0.25, 0.3) is 0 Å². The molecule has 3 atom stereocenters. The second-order valence-corrected chi connectivity index (χ2v) is 5.75. The Kier molecular flexibility index (Phi) is 3.05. The van der Waals surface area contributed by atoms with Gasteiger partial charge in [0.1, 0.15) is 0 Å². The van der Waals surface area contributed by atoms with Gasteiger partial charge in [0, 0.05) is 6.42 Å². The topological polar surface area (TPSA) is 17.1 Å². The molecule has 0 fully saturated rings. The predicted molar refractivity (Wildman–Crippen MR) is 67.1 cm³/mol. The van der Waals surface area contributed by atoms with E-state index in [1.54, 1.807) is 0 Å². The molecule has 0 unspecified atom stereocenters. The van der Waals surface area contributed by atoms with Crippen LogP contribution < -0.4 is 0 Å². The molecule has 0 spiro atoms. The lowest BCUT2D eigenvalue weighted by Gasteiger charge is -2.40. The van der Waals surface area contributed by atoms with Gasteiger partial charge in [-0.3, -0.25) is 4.79 Å². The van der Waals surface area contributed by atoms with Crippen LogP contribution in [0.2, 0.25) is 0 Å². The number of Topliss-reactive ketones (excluding diaryl/α,β-unsaturated/α-hetero) is 1. The molecule has 16 heavy (non-hydrogen) atoms. The Morgan fingerprint density at radius 2 is 2.00 bits per heavy atom. The molecule has 2 rings (SSSR count). The maximum atomic E-state index is 11.8. The van der Waals surface area contributed by atoms with E-state index in [9.17, 15) is 4.79 Å². The quantitative estimate of drug-likeness (QED) is 0.612. The summed E-state index contributed by atoms with van der Waals surface area (Å²) in [5, 5.41) is 0. The number of hydrogen-bond donors (Lipinski definition) is 0. The van der Waals surface area contributed by atoms with Crippen LogP contribution in [0.15, 0.2) is 23.3 Å². The summed E-state index contributed by atoms with van der Waals surface area (Å²) < 4.78 is 0. The van der Waals surface area contributed by atoms with E-state index in [1.165, 1.54) is 12.0 Å². The van der Waals surface area contributed by atoms with Crippen LogP contribution in [-0.2, 0) is 4.79 Å². The van der Waals surface area contributed by atoms with E-state index < -0.39 is 0 Å². The largest absolute Gasteiger partial charge is 0.295 e. The predicted octanol–water partition coefficient (Wildman–Crippen LogP) is 3.76. The van der Waals surface area contributed by atoms with Crippen LogP contribution >= 0.6 is 0 Å². The molecule has 2 aliphatic rings. The first-order valence-electron chi connectivity index (χ1n) is 6.39. The van der Waals surface area contributed by atoms with Crippen molar-refractivity contribution in [2.24, 2.45) is 23.7 Å². The summed E-state index contributed by atoms with van der Waals surface area (Å²) in [5.74, 6) is 2.85. The van der Waals surface area contributed by atoms with Crippen LogP contribution in [0.4, 0.5) is 0 Å². The van der Waals surface area contributed by atoms with E-state index in [4.69, 9.17) is 0 Å². The van der Waals surface area contributed by atoms with Gasteiger partial charge >= 0.3 is 0 Å². The van der Waals surface area contributed by atoms with E-state index in [2.05, 4.69) is 32.9 Å². The minimum atomic E-state index is 0.346. The molecule has 0 saturated carbocycles. The van der Waals surface area contributed by atoms with Crippen LogP contribution in [-0.4, -0.2) is 5.78 Å². The highest BCUT2D eigenvalue weighted by Gasteiger charge is 2.37. The van der Waals surface area contributed by atoms with Crippen molar-refractivity contribution in [2.45, 2.75) is 40.5 Å². The summed E-state index contributed by atoms with van der Waals surface area (Å²) >= 11 is 0. The van der Waals surface area contributed by atoms with Gasteiger partial charge < -0.3 is 0 Å². The average Bonchev–Trinajstić information content (AvgIpc) is 2.21. The van der Waals surface area contributed by atoms with E-state index >= 15 is 0 Å². The van der Waals surface area contributed by atoms with E-state index in [0.717, 1.165) is 17.9 Å². The standard InChI is InChI=1S/C15H22O/c1-9(2)12-6-5-10(3)13-8-15(16)11(4)7-14(12)13/h5,7,9,12-14H,6,8H2,1-4H3/t12-,13+,14-/m0/s1. The molecule has 0 saturated heterocycles. The first-order chi connectivity index (χ1) is 7.50. The molecule has 0 N–H and O–H groups in total. The lowest BCUT2D eigenvalue weighted by molar-refractivity contribution is -0.117. The smallest absolute Gasteiger partial charge is 0.158 e. The van der Waals surface area contributed by atoms with Crippen molar-refractivity contribution in [1.82, 2.24) is 0 Å². The minimum absolute atomic E-state index is 0.346. The third kappa shape index (κ3) is 1.88. The summed E-state index contributed by atoms with van der Waals surface area (Å²) in [5.41, 5.74) is 2.42. The van der Waals surface area contributed by atoms with Crippen LogP contribution in [0.1, 0.15) is 40.5 Å². The van der Waals surface area contributed by atoms with Gasteiger partial charge in [-0.05, 0) is 49.5 Å². The monoisotopic (exact) mass is 218 g/mol. The summed E-state index contributed by atoms with van der Waals surface area (Å²) in [6.07, 6.45) is 6.52. The molecular formula is C15H22O. The van der Waals surface area contributed by atoms with Gasteiger partial charge in [-0.1, -0.05) is 31.6 Å². The zero-order valence-electron chi connectivity index (χ0n) is 10.8. The molecule has 1 heteroatoms.